The number of hydrogen-bond donors (Lipinski definition) is 2. The molecular weight excluding hydrogens is 176 g/mol. The van der Waals surface area contributed by atoms with Crippen molar-refractivity contribution in [3.63, 3.8) is 0 Å². The molecule has 4 nitrogen and oxygen atoms in total. The Morgan fingerprint density at radius 1 is 1.17 bits per heavy atom. The summed E-state index contributed by atoms with van der Waals surface area (Å²) in [5.74, 6) is -2.33. The Balaban J connectivity index is 4.94. The van der Waals surface area contributed by atoms with E-state index in [0.29, 0.717) is 0 Å². The van der Waals surface area contributed by atoms with Crippen LogP contribution >= 0.6 is 0 Å². The lowest BCUT2D eigenvalue weighted by atomic mass is 10.5. The zero-order chi connectivity index (χ0) is 9.94. The predicted octanol–water partition coefficient (Wildman–Crippen LogP) is 0.959. The van der Waals surface area contributed by atoms with Crippen LogP contribution in [0.2, 0.25) is 19.6 Å². The number of hydrogen-bond acceptors (Lipinski definition) is 2. The summed E-state index contributed by atoms with van der Waals surface area (Å²) in [7, 11) is -2.03. The Morgan fingerprint density at radius 3 is 1.67 bits per heavy atom. The molecule has 0 spiro atoms. The minimum Gasteiger partial charge on any atom is -0.478 e. The second kappa shape index (κ2) is 3.53. The molecular formula is C7H12O4Si. The van der Waals surface area contributed by atoms with Crippen LogP contribution < -0.4 is 0 Å². The van der Waals surface area contributed by atoms with E-state index in [-0.39, 0.29) is 5.20 Å². The number of carboxylic acids is 2. The van der Waals surface area contributed by atoms with Crippen molar-refractivity contribution in [2.75, 3.05) is 0 Å². The van der Waals surface area contributed by atoms with Gasteiger partial charge in [-0.05, 0) is 0 Å². The van der Waals surface area contributed by atoms with E-state index in [2.05, 4.69) is 0 Å². The van der Waals surface area contributed by atoms with Crippen LogP contribution in [0.25, 0.3) is 0 Å². The Kier molecular flexibility index (Phi) is 3.21. The van der Waals surface area contributed by atoms with Gasteiger partial charge in [-0.3, -0.25) is 0 Å². The summed E-state index contributed by atoms with van der Waals surface area (Å²) in [5.41, 5.74) is 0. The van der Waals surface area contributed by atoms with Gasteiger partial charge in [-0.15, -0.1) is 0 Å². The largest absolute Gasteiger partial charge is 0.478 e. The molecule has 12 heavy (non-hydrogen) atoms. The summed E-state index contributed by atoms with van der Waals surface area (Å²) >= 11 is 0. The van der Waals surface area contributed by atoms with Crippen molar-refractivity contribution in [2.45, 2.75) is 19.6 Å². The molecule has 68 valence electrons. The van der Waals surface area contributed by atoms with Crippen LogP contribution in [0.1, 0.15) is 0 Å². The zero-order valence-corrected chi connectivity index (χ0v) is 8.29. The maximum absolute atomic E-state index is 10.6. The lowest BCUT2D eigenvalue weighted by Crippen LogP contribution is -2.30. The molecule has 0 rings (SSSR count). The van der Waals surface area contributed by atoms with E-state index in [4.69, 9.17) is 10.2 Å². The van der Waals surface area contributed by atoms with Gasteiger partial charge in [-0.1, -0.05) is 19.6 Å². The lowest BCUT2D eigenvalue weighted by Gasteiger charge is -2.15. The molecule has 0 amide bonds. The van der Waals surface area contributed by atoms with Crippen molar-refractivity contribution in [1.29, 1.82) is 0 Å². The van der Waals surface area contributed by atoms with Crippen molar-refractivity contribution >= 4 is 20.0 Å². The third kappa shape index (κ3) is 3.34. The van der Waals surface area contributed by atoms with Crippen molar-refractivity contribution in [1.82, 2.24) is 0 Å². The molecule has 0 saturated carbocycles. The molecule has 0 aliphatic rings. The maximum Gasteiger partial charge on any atom is 0.328 e. The molecule has 0 saturated heterocycles. The highest BCUT2D eigenvalue weighted by Crippen LogP contribution is 2.14. The fourth-order valence-electron chi connectivity index (χ4n) is 0.723. The third-order valence-corrected chi connectivity index (χ3v) is 3.28. The van der Waals surface area contributed by atoms with E-state index >= 15 is 0 Å². The monoisotopic (exact) mass is 188 g/mol. The van der Waals surface area contributed by atoms with Crippen LogP contribution in [0, 0.1) is 0 Å². The molecule has 0 unspecified atom stereocenters. The van der Waals surface area contributed by atoms with Gasteiger partial charge < -0.3 is 10.2 Å². The Hall–Kier alpha value is -1.10. The summed E-state index contributed by atoms with van der Waals surface area (Å²) in [6.45, 7) is 5.36. The molecule has 0 bridgehead atoms. The quantitative estimate of drug-likeness (QED) is 0.511. The van der Waals surface area contributed by atoms with Crippen LogP contribution in [-0.4, -0.2) is 30.2 Å². The maximum atomic E-state index is 10.6. The zero-order valence-electron chi connectivity index (χ0n) is 7.29. The fraction of sp³-hybridized carbons (Fsp3) is 0.429. The van der Waals surface area contributed by atoms with Crippen LogP contribution in [0.15, 0.2) is 11.3 Å². The first-order valence-corrected chi connectivity index (χ1v) is 6.93. The van der Waals surface area contributed by atoms with Crippen molar-refractivity contribution in [3.05, 3.63) is 11.3 Å². The molecule has 0 fully saturated rings. The highest BCUT2D eigenvalue weighted by molar-refractivity contribution is 6.87. The summed E-state index contributed by atoms with van der Waals surface area (Å²) in [6, 6.07) is 0. The average molecular weight is 188 g/mol. The minimum atomic E-state index is -2.03. The van der Waals surface area contributed by atoms with Crippen molar-refractivity contribution in [2.24, 2.45) is 0 Å². The summed E-state index contributed by atoms with van der Waals surface area (Å²) in [6.07, 6.45) is 0.786. The van der Waals surface area contributed by atoms with Crippen molar-refractivity contribution in [3.8, 4) is 0 Å². The molecule has 0 aliphatic heterocycles. The van der Waals surface area contributed by atoms with Gasteiger partial charge in [0.1, 0.15) is 0 Å². The highest BCUT2D eigenvalue weighted by Gasteiger charge is 2.26. The molecule has 0 heterocycles. The first-order valence-electron chi connectivity index (χ1n) is 3.43. The third-order valence-electron chi connectivity index (χ3n) is 1.31. The Bertz CT molecular complexity index is 236. The second-order valence-corrected chi connectivity index (χ2v) is 8.49. The molecule has 0 aliphatic carbocycles. The van der Waals surface area contributed by atoms with Gasteiger partial charge in [-0.25, -0.2) is 9.59 Å². The van der Waals surface area contributed by atoms with Crippen LogP contribution in [-0.2, 0) is 9.59 Å². The van der Waals surface area contributed by atoms with Gasteiger partial charge in [0, 0.05) is 11.3 Å². The van der Waals surface area contributed by atoms with Gasteiger partial charge in [0.2, 0.25) is 0 Å². The van der Waals surface area contributed by atoms with Gasteiger partial charge in [-0.2, -0.15) is 0 Å². The van der Waals surface area contributed by atoms with Crippen LogP contribution in [0.4, 0.5) is 0 Å². The highest BCUT2D eigenvalue weighted by atomic mass is 28.3. The second-order valence-electron chi connectivity index (χ2n) is 3.45. The van der Waals surface area contributed by atoms with E-state index in [1.807, 2.05) is 0 Å². The normalized spacial score (nSPS) is 12.8. The number of aliphatic carboxylic acids is 2. The smallest absolute Gasteiger partial charge is 0.328 e. The van der Waals surface area contributed by atoms with Gasteiger partial charge in [0.25, 0.3) is 0 Å². The lowest BCUT2D eigenvalue weighted by molar-refractivity contribution is -0.134. The van der Waals surface area contributed by atoms with Gasteiger partial charge in [0.15, 0.2) is 0 Å². The van der Waals surface area contributed by atoms with E-state index in [1.165, 1.54) is 0 Å². The molecule has 0 aromatic carbocycles. The standard InChI is InChI=1S/C7H12O4Si/c1-12(2,3)5(7(10)11)4-6(8)9/h4H,1-3H3,(H,8,9)(H,10,11)/b5-4-. The SMILES string of the molecule is C[Si](C)(C)/C(=C\C(=O)O)C(=O)O. The molecule has 0 radical (unpaired) electrons. The first kappa shape index (κ1) is 10.9. The fourth-order valence-corrected chi connectivity index (χ4v) is 1.92. The van der Waals surface area contributed by atoms with Crippen LogP contribution in [0.3, 0.4) is 0 Å². The summed E-state index contributed by atoms with van der Waals surface area (Å²) < 4.78 is 0. The van der Waals surface area contributed by atoms with E-state index in [9.17, 15) is 9.59 Å². The van der Waals surface area contributed by atoms with Gasteiger partial charge >= 0.3 is 11.9 Å². The Labute approximate surface area is 71.5 Å². The summed E-state index contributed by atoms with van der Waals surface area (Å²) in [4.78, 5) is 20.8. The first-order chi connectivity index (χ1) is 5.25. The number of carboxylic acid groups (broad SMARTS) is 2. The predicted molar refractivity (Wildman–Crippen MR) is 46.7 cm³/mol. The van der Waals surface area contributed by atoms with Crippen molar-refractivity contribution < 1.29 is 19.8 Å². The number of carbonyl (C=O) groups is 2. The van der Waals surface area contributed by atoms with E-state index < -0.39 is 20.0 Å². The minimum absolute atomic E-state index is 0.0370. The van der Waals surface area contributed by atoms with E-state index in [1.54, 1.807) is 19.6 Å². The molecule has 5 heteroatoms. The van der Waals surface area contributed by atoms with Gasteiger partial charge in [0.05, 0.1) is 8.07 Å². The summed E-state index contributed by atoms with van der Waals surface area (Å²) in [5, 5.41) is 17.1. The molecule has 0 aromatic rings. The van der Waals surface area contributed by atoms with Crippen LogP contribution in [0.5, 0.6) is 0 Å². The molecule has 2 N–H and O–H groups in total. The Morgan fingerprint density at radius 2 is 1.58 bits per heavy atom. The topological polar surface area (TPSA) is 74.6 Å². The molecule has 0 atom stereocenters. The molecule has 0 aromatic heterocycles. The van der Waals surface area contributed by atoms with E-state index in [0.717, 1.165) is 6.08 Å². The average Bonchev–Trinajstić information content (AvgIpc) is 1.79. The number of rotatable bonds is 3.